The van der Waals surface area contributed by atoms with Gasteiger partial charge in [0.25, 0.3) is 5.91 Å². The number of halogens is 1. The molecule has 1 aromatic heterocycles. The molecule has 2 N–H and O–H groups in total. The Hall–Kier alpha value is -3.13. The fraction of sp³-hybridized carbons (Fsp3) is 0.409. The summed E-state index contributed by atoms with van der Waals surface area (Å²) >= 11 is 0. The zero-order valence-electron chi connectivity index (χ0n) is 19.2. The Balaban J connectivity index is 1.58. The normalized spacial score (nSPS) is 22.6. The molecule has 0 unspecified atom stereocenters. The Morgan fingerprint density at radius 1 is 1.20 bits per heavy atom. The second-order valence-corrected chi connectivity index (χ2v) is 10.5. The van der Waals surface area contributed by atoms with Crippen LogP contribution in [0, 0.1) is 5.82 Å². The van der Waals surface area contributed by atoms with Gasteiger partial charge < -0.3 is 9.64 Å². The van der Waals surface area contributed by atoms with Crippen LogP contribution in [0.5, 0.6) is 11.6 Å². The first-order valence-corrected chi connectivity index (χ1v) is 12.4. The van der Waals surface area contributed by atoms with E-state index in [9.17, 15) is 27.6 Å². The van der Waals surface area contributed by atoms with Crippen LogP contribution in [-0.4, -0.2) is 89.8 Å². The van der Waals surface area contributed by atoms with E-state index in [0.29, 0.717) is 18.6 Å². The van der Waals surface area contributed by atoms with E-state index in [4.69, 9.17) is 4.74 Å². The molecule has 2 amide bonds. The third kappa shape index (κ3) is 4.98. The molecule has 3 heterocycles. The number of hydroxylamine groups is 1. The Labute approximate surface area is 202 Å². The molecule has 35 heavy (non-hydrogen) atoms. The number of nitrogens with one attached hydrogen (secondary N) is 1. The van der Waals surface area contributed by atoms with Gasteiger partial charge in [-0.2, -0.15) is 4.31 Å². The molecule has 11 nitrogen and oxygen atoms in total. The van der Waals surface area contributed by atoms with E-state index in [1.807, 2.05) is 4.90 Å². The zero-order chi connectivity index (χ0) is 25.3. The number of carbonyl (C=O) groups is 2. The second-order valence-electron chi connectivity index (χ2n) is 8.64. The summed E-state index contributed by atoms with van der Waals surface area (Å²) in [5, 5.41) is 9.35. The van der Waals surface area contributed by atoms with Gasteiger partial charge in [0.05, 0.1) is 12.7 Å². The number of pyridine rings is 1. The summed E-state index contributed by atoms with van der Waals surface area (Å²) in [6.07, 6.45) is 2.22. The Bertz CT molecular complexity index is 1190. The van der Waals surface area contributed by atoms with Crippen LogP contribution in [-0.2, 0) is 19.6 Å². The van der Waals surface area contributed by atoms with Crippen molar-refractivity contribution in [2.24, 2.45) is 0 Å². The van der Waals surface area contributed by atoms with Gasteiger partial charge in [0.15, 0.2) is 0 Å². The average Bonchev–Trinajstić information content (AvgIpc) is 3.09. The molecule has 0 saturated carbocycles. The number of nitrogens with zero attached hydrogens (tertiary/aromatic N) is 4. The van der Waals surface area contributed by atoms with Crippen molar-refractivity contribution in [2.75, 3.05) is 27.2 Å². The minimum atomic E-state index is -4.18. The minimum Gasteiger partial charge on any atom is -0.439 e. The van der Waals surface area contributed by atoms with E-state index in [-0.39, 0.29) is 35.8 Å². The number of carbonyl (C=O) groups excluding carboxylic acids is 2. The van der Waals surface area contributed by atoms with Crippen LogP contribution in [0.1, 0.15) is 12.8 Å². The quantitative estimate of drug-likeness (QED) is 0.416. The molecule has 0 spiro atoms. The van der Waals surface area contributed by atoms with Crippen LogP contribution >= 0.6 is 0 Å². The van der Waals surface area contributed by atoms with Crippen molar-refractivity contribution in [3.8, 4) is 11.6 Å². The van der Waals surface area contributed by atoms with E-state index >= 15 is 0 Å². The third-order valence-electron chi connectivity index (χ3n) is 6.30. The topological polar surface area (TPSA) is 132 Å². The summed E-state index contributed by atoms with van der Waals surface area (Å²) in [6, 6.07) is 5.88. The van der Waals surface area contributed by atoms with Gasteiger partial charge in [0.1, 0.15) is 22.5 Å². The highest BCUT2D eigenvalue weighted by atomic mass is 32.2. The van der Waals surface area contributed by atoms with Crippen molar-refractivity contribution in [3.05, 3.63) is 48.4 Å². The SMILES string of the molecule is CN(C)C(=O)CN1[C@@H]2CC[C@H]1[C@H](C(=O)NO)N(S(=O)(=O)c1ccc(Oc3ccc(F)cc3)nc1)C2. The highest BCUT2D eigenvalue weighted by Crippen LogP contribution is 2.37. The largest absolute Gasteiger partial charge is 0.439 e. The van der Waals surface area contributed by atoms with Crippen molar-refractivity contribution in [3.63, 3.8) is 0 Å². The lowest BCUT2D eigenvalue weighted by Gasteiger charge is -2.44. The number of amides is 2. The fourth-order valence-corrected chi connectivity index (χ4v) is 6.12. The van der Waals surface area contributed by atoms with E-state index in [0.717, 1.165) is 10.5 Å². The number of hydrogen-bond donors (Lipinski definition) is 2. The maximum atomic E-state index is 13.5. The molecule has 0 radical (unpaired) electrons. The molecule has 2 aromatic rings. The number of ether oxygens (including phenoxy) is 1. The van der Waals surface area contributed by atoms with Crippen molar-refractivity contribution >= 4 is 21.8 Å². The molecule has 2 saturated heterocycles. The number of sulfonamides is 1. The van der Waals surface area contributed by atoms with Gasteiger partial charge in [0, 0.05) is 38.8 Å². The molecular weight excluding hydrogens is 481 g/mol. The Morgan fingerprint density at radius 2 is 1.91 bits per heavy atom. The van der Waals surface area contributed by atoms with Gasteiger partial charge in [0.2, 0.25) is 21.8 Å². The maximum absolute atomic E-state index is 13.5. The summed E-state index contributed by atoms with van der Waals surface area (Å²) in [5.74, 6) is -1.03. The van der Waals surface area contributed by atoms with Crippen LogP contribution in [0.4, 0.5) is 4.39 Å². The molecule has 188 valence electrons. The summed E-state index contributed by atoms with van der Waals surface area (Å²) in [4.78, 5) is 32.1. The Kier molecular flexibility index (Phi) is 7.03. The molecule has 3 atom stereocenters. The molecule has 2 aliphatic rings. The van der Waals surface area contributed by atoms with Gasteiger partial charge in [-0.25, -0.2) is 23.3 Å². The van der Waals surface area contributed by atoms with Crippen molar-refractivity contribution < 1.29 is 32.3 Å². The molecule has 0 aliphatic carbocycles. The summed E-state index contributed by atoms with van der Waals surface area (Å²) in [5.41, 5.74) is 1.58. The molecule has 2 fully saturated rings. The summed E-state index contributed by atoms with van der Waals surface area (Å²) in [7, 11) is -0.935. The number of fused-ring (bicyclic) bond motifs is 2. The third-order valence-corrected chi connectivity index (χ3v) is 8.13. The smallest absolute Gasteiger partial charge is 0.263 e. The highest BCUT2D eigenvalue weighted by Gasteiger charge is 2.53. The predicted molar refractivity (Wildman–Crippen MR) is 121 cm³/mol. The molecule has 4 rings (SSSR count). The van der Waals surface area contributed by atoms with E-state index in [1.54, 1.807) is 19.6 Å². The van der Waals surface area contributed by atoms with E-state index in [2.05, 4.69) is 4.98 Å². The molecule has 1 aromatic carbocycles. The standard InChI is InChI=1S/C22H26FN5O6S/c1-26(2)20(29)13-27-15-5-9-18(27)21(22(30)25-31)28(12-15)35(32,33)17-8-10-19(24-11-17)34-16-6-3-14(23)4-7-16/h3-4,6-8,10-11,15,18,21,31H,5,9,12-13H2,1-2H3,(H,25,30)/t15-,18+,21-/m1/s1. The van der Waals surface area contributed by atoms with Gasteiger partial charge >= 0.3 is 0 Å². The highest BCUT2D eigenvalue weighted by molar-refractivity contribution is 7.89. The lowest BCUT2D eigenvalue weighted by Crippen LogP contribution is -2.66. The van der Waals surface area contributed by atoms with E-state index < -0.39 is 33.8 Å². The number of benzene rings is 1. The first-order valence-electron chi connectivity index (χ1n) is 10.9. The lowest BCUT2D eigenvalue weighted by atomic mass is 10.0. The number of aromatic nitrogens is 1. The monoisotopic (exact) mass is 507 g/mol. The first-order chi connectivity index (χ1) is 16.6. The summed E-state index contributed by atoms with van der Waals surface area (Å²) < 4.78 is 46.7. The van der Waals surface area contributed by atoms with Crippen LogP contribution in [0.15, 0.2) is 47.5 Å². The lowest BCUT2D eigenvalue weighted by molar-refractivity contribution is -0.140. The van der Waals surface area contributed by atoms with Gasteiger partial charge in [-0.3, -0.25) is 19.7 Å². The van der Waals surface area contributed by atoms with Crippen LogP contribution in [0.3, 0.4) is 0 Å². The van der Waals surface area contributed by atoms with E-state index in [1.165, 1.54) is 41.3 Å². The average molecular weight is 508 g/mol. The summed E-state index contributed by atoms with van der Waals surface area (Å²) in [6.45, 7) is 0.0217. The predicted octanol–water partition coefficient (Wildman–Crippen LogP) is 0.813. The maximum Gasteiger partial charge on any atom is 0.263 e. The second kappa shape index (κ2) is 9.85. The number of rotatable bonds is 7. The van der Waals surface area contributed by atoms with Crippen LogP contribution in [0.2, 0.25) is 0 Å². The van der Waals surface area contributed by atoms with Crippen molar-refractivity contribution in [2.45, 2.75) is 35.9 Å². The zero-order valence-corrected chi connectivity index (χ0v) is 20.0. The number of piperazine rings is 1. The van der Waals surface area contributed by atoms with Gasteiger partial charge in [-0.05, 0) is 43.2 Å². The molecule has 13 heteroatoms. The fourth-order valence-electron chi connectivity index (χ4n) is 4.52. The van der Waals surface area contributed by atoms with Crippen LogP contribution in [0.25, 0.3) is 0 Å². The molecular formula is C22H26FN5O6S. The van der Waals surface area contributed by atoms with Gasteiger partial charge in [-0.15, -0.1) is 0 Å². The van der Waals surface area contributed by atoms with Crippen molar-refractivity contribution in [1.29, 1.82) is 0 Å². The molecule has 2 aliphatic heterocycles. The number of hydrogen-bond acceptors (Lipinski definition) is 8. The Morgan fingerprint density at radius 3 is 2.51 bits per heavy atom. The minimum absolute atomic E-state index is 0.0224. The van der Waals surface area contributed by atoms with Gasteiger partial charge in [-0.1, -0.05) is 0 Å². The van der Waals surface area contributed by atoms with Crippen molar-refractivity contribution in [1.82, 2.24) is 24.6 Å². The first kappa shape index (κ1) is 25.0. The molecule has 2 bridgehead atoms. The number of likely N-dealkylation sites (N-methyl/N-ethyl adjacent to an activating group) is 1. The van der Waals surface area contributed by atoms with Crippen LogP contribution < -0.4 is 10.2 Å².